The van der Waals surface area contributed by atoms with E-state index in [1.54, 1.807) is 6.20 Å². The average molecular weight is 439 g/mol. The second kappa shape index (κ2) is 8.05. The van der Waals surface area contributed by atoms with Crippen LogP contribution in [0.1, 0.15) is 43.5 Å². The van der Waals surface area contributed by atoms with Crippen LogP contribution in [0.15, 0.2) is 48.8 Å². The Bertz CT molecular complexity index is 1300. The van der Waals surface area contributed by atoms with Crippen LogP contribution >= 0.6 is 0 Å². The Labute approximate surface area is 181 Å². The minimum atomic E-state index is -3.36. The van der Waals surface area contributed by atoms with Gasteiger partial charge in [0.25, 0.3) is 0 Å². The number of hydrogen-bond acceptors (Lipinski definition) is 5. The molecule has 0 radical (unpaired) electrons. The minimum absolute atomic E-state index is 0.0911. The third-order valence-corrected chi connectivity index (χ3v) is 7.80. The number of benzene rings is 1. The monoisotopic (exact) mass is 438 g/mol. The van der Waals surface area contributed by atoms with Gasteiger partial charge in [0, 0.05) is 18.2 Å². The van der Waals surface area contributed by atoms with Crippen LogP contribution in [0.2, 0.25) is 0 Å². The fraction of sp³-hybridized carbons (Fsp3) is 0.409. The zero-order valence-electron chi connectivity index (χ0n) is 17.4. The highest BCUT2D eigenvalue weighted by atomic mass is 32.2. The second-order valence-electron chi connectivity index (χ2n) is 8.34. The van der Waals surface area contributed by atoms with Crippen molar-refractivity contribution in [2.24, 2.45) is 5.92 Å². The van der Waals surface area contributed by atoms with Crippen LogP contribution in [0.25, 0.3) is 16.8 Å². The Morgan fingerprint density at radius 1 is 1.16 bits per heavy atom. The summed E-state index contributed by atoms with van der Waals surface area (Å²) in [5.74, 6) is 1.47. The van der Waals surface area contributed by atoms with Gasteiger partial charge in [-0.2, -0.15) is 0 Å². The maximum Gasteiger partial charge on any atom is 0.212 e. The minimum Gasteiger partial charge on any atom is -0.345 e. The molecule has 0 spiro atoms. The molecule has 1 aromatic carbocycles. The number of aromatic amines is 1. The van der Waals surface area contributed by atoms with Gasteiger partial charge in [-0.1, -0.05) is 43.7 Å². The third kappa shape index (κ3) is 3.95. The molecular weight excluding hydrogens is 412 g/mol. The first kappa shape index (κ1) is 20.1. The van der Waals surface area contributed by atoms with E-state index in [1.165, 1.54) is 0 Å². The largest absolute Gasteiger partial charge is 0.345 e. The molecule has 1 aliphatic carbocycles. The lowest BCUT2D eigenvalue weighted by Gasteiger charge is -2.16. The van der Waals surface area contributed by atoms with Crippen LogP contribution in [0.3, 0.4) is 0 Å². The molecule has 8 nitrogen and oxygen atoms in total. The number of fused-ring (bicyclic) bond motifs is 3. The van der Waals surface area contributed by atoms with E-state index in [4.69, 9.17) is 0 Å². The Morgan fingerprint density at radius 3 is 2.81 bits per heavy atom. The van der Waals surface area contributed by atoms with Gasteiger partial charge in [-0.05, 0) is 36.8 Å². The molecule has 3 heterocycles. The highest BCUT2D eigenvalue weighted by Crippen LogP contribution is 2.41. The van der Waals surface area contributed by atoms with Gasteiger partial charge in [0.1, 0.15) is 5.82 Å². The number of rotatable bonds is 7. The second-order valence-corrected chi connectivity index (χ2v) is 10.2. The molecule has 0 amide bonds. The van der Waals surface area contributed by atoms with Crippen LogP contribution in [0, 0.1) is 5.92 Å². The SMILES string of the molecule is CC[C@@H]1C[C@H](NS(=O)(=O)CCc2ccccc2)C[C@@H]1c1nnc2cnc3[nH]ccc3n12. The summed E-state index contributed by atoms with van der Waals surface area (Å²) in [6, 6.07) is 11.6. The molecular formula is C22H26N6O2S. The Balaban J connectivity index is 1.35. The standard InChI is InChI=1S/C22H26N6O2S/c1-2-16-12-17(27-31(29,30)11-9-15-6-4-3-5-7-15)13-18(16)22-26-25-20-14-24-21-19(28(20)22)8-10-23-21/h3-8,10,14,16-18,23,27H,2,9,11-13H2,1H3/t16-,17+,18+/m1/s1. The lowest BCUT2D eigenvalue weighted by molar-refractivity contribution is 0.449. The molecule has 3 atom stereocenters. The van der Waals surface area contributed by atoms with Crippen molar-refractivity contribution in [3.05, 3.63) is 60.2 Å². The van der Waals surface area contributed by atoms with Crippen LogP contribution in [0.4, 0.5) is 0 Å². The number of H-pyrrole nitrogens is 1. The predicted octanol–water partition coefficient (Wildman–Crippen LogP) is 3.04. The molecule has 0 unspecified atom stereocenters. The van der Waals surface area contributed by atoms with Gasteiger partial charge in [-0.3, -0.25) is 4.40 Å². The van der Waals surface area contributed by atoms with E-state index in [1.807, 2.05) is 42.6 Å². The molecule has 1 saturated carbocycles. The summed E-state index contributed by atoms with van der Waals surface area (Å²) >= 11 is 0. The molecule has 3 aromatic heterocycles. The van der Waals surface area contributed by atoms with Gasteiger partial charge in [0.05, 0.1) is 17.5 Å². The summed E-state index contributed by atoms with van der Waals surface area (Å²) in [4.78, 5) is 7.52. The van der Waals surface area contributed by atoms with Crippen LogP contribution in [0.5, 0.6) is 0 Å². The summed E-state index contributed by atoms with van der Waals surface area (Å²) in [7, 11) is -3.36. The van der Waals surface area contributed by atoms with Crippen molar-refractivity contribution in [1.82, 2.24) is 29.3 Å². The molecule has 4 aromatic rings. The van der Waals surface area contributed by atoms with Crippen LogP contribution < -0.4 is 4.72 Å². The molecule has 2 N–H and O–H groups in total. The normalized spacial score (nSPS) is 21.9. The Kier molecular flexibility index (Phi) is 5.23. The van der Waals surface area contributed by atoms with Gasteiger partial charge >= 0.3 is 0 Å². The lowest BCUT2D eigenvalue weighted by Crippen LogP contribution is -2.35. The molecule has 0 saturated heterocycles. The van der Waals surface area contributed by atoms with Gasteiger partial charge in [-0.25, -0.2) is 18.1 Å². The van der Waals surface area contributed by atoms with Crippen LogP contribution in [-0.4, -0.2) is 44.8 Å². The average Bonchev–Trinajstić information content (AvgIpc) is 3.49. The first-order valence-electron chi connectivity index (χ1n) is 10.7. The Morgan fingerprint density at radius 2 is 2.00 bits per heavy atom. The number of aryl methyl sites for hydroxylation is 1. The predicted molar refractivity (Wildman–Crippen MR) is 119 cm³/mol. The van der Waals surface area contributed by atoms with Crippen molar-refractivity contribution in [3.63, 3.8) is 0 Å². The molecule has 31 heavy (non-hydrogen) atoms. The summed E-state index contributed by atoms with van der Waals surface area (Å²) in [5, 5.41) is 8.82. The van der Waals surface area contributed by atoms with Crippen molar-refractivity contribution in [3.8, 4) is 0 Å². The molecule has 5 rings (SSSR count). The zero-order chi connectivity index (χ0) is 21.4. The Hall–Kier alpha value is -2.78. The van der Waals surface area contributed by atoms with Gasteiger partial charge in [-0.15, -0.1) is 10.2 Å². The molecule has 1 aliphatic rings. The first-order valence-corrected chi connectivity index (χ1v) is 12.4. The number of aromatic nitrogens is 5. The van der Waals surface area contributed by atoms with E-state index in [0.717, 1.165) is 41.8 Å². The summed E-state index contributed by atoms with van der Waals surface area (Å²) in [6.45, 7) is 2.15. The summed E-state index contributed by atoms with van der Waals surface area (Å²) in [6.07, 6.45) is 6.58. The van der Waals surface area contributed by atoms with Gasteiger partial charge in [0.15, 0.2) is 11.3 Å². The van der Waals surface area contributed by atoms with E-state index < -0.39 is 10.0 Å². The van der Waals surface area contributed by atoms with E-state index in [-0.39, 0.29) is 17.7 Å². The molecule has 1 fully saturated rings. The van der Waals surface area contributed by atoms with E-state index in [0.29, 0.717) is 18.0 Å². The highest BCUT2D eigenvalue weighted by Gasteiger charge is 2.38. The van der Waals surface area contributed by atoms with Gasteiger partial charge < -0.3 is 4.98 Å². The number of hydrogen-bond donors (Lipinski definition) is 2. The molecule has 0 bridgehead atoms. The zero-order valence-corrected chi connectivity index (χ0v) is 18.2. The quantitative estimate of drug-likeness (QED) is 0.461. The van der Waals surface area contributed by atoms with Gasteiger partial charge in [0.2, 0.25) is 10.0 Å². The molecule has 162 valence electrons. The summed E-state index contributed by atoms with van der Waals surface area (Å²) in [5.41, 5.74) is 3.48. The van der Waals surface area contributed by atoms with Crippen molar-refractivity contribution in [1.29, 1.82) is 0 Å². The fourth-order valence-electron chi connectivity index (χ4n) is 4.84. The van der Waals surface area contributed by atoms with Crippen molar-refractivity contribution >= 4 is 26.8 Å². The smallest absolute Gasteiger partial charge is 0.212 e. The number of nitrogens with zero attached hydrogens (tertiary/aromatic N) is 4. The van der Waals surface area contributed by atoms with E-state index >= 15 is 0 Å². The molecule has 9 heteroatoms. The maximum atomic E-state index is 12.7. The number of sulfonamides is 1. The fourth-order valence-corrected chi connectivity index (χ4v) is 6.16. The molecule has 0 aliphatic heterocycles. The van der Waals surface area contributed by atoms with Crippen molar-refractivity contribution in [2.45, 2.75) is 44.6 Å². The number of nitrogens with one attached hydrogen (secondary N) is 2. The van der Waals surface area contributed by atoms with Crippen LogP contribution in [-0.2, 0) is 16.4 Å². The van der Waals surface area contributed by atoms with Crippen molar-refractivity contribution < 1.29 is 8.42 Å². The lowest BCUT2D eigenvalue weighted by atomic mass is 9.93. The van der Waals surface area contributed by atoms with Crippen molar-refractivity contribution in [2.75, 3.05) is 5.75 Å². The topological polar surface area (TPSA) is 105 Å². The maximum absolute atomic E-state index is 12.7. The first-order chi connectivity index (χ1) is 15.0. The highest BCUT2D eigenvalue weighted by molar-refractivity contribution is 7.89. The summed E-state index contributed by atoms with van der Waals surface area (Å²) < 4.78 is 30.5. The third-order valence-electron chi connectivity index (χ3n) is 6.37. The van der Waals surface area contributed by atoms with E-state index in [9.17, 15) is 8.42 Å². The van der Waals surface area contributed by atoms with E-state index in [2.05, 4.69) is 36.2 Å².